The van der Waals surface area contributed by atoms with E-state index in [1.165, 1.54) is 0 Å². The van der Waals surface area contributed by atoms with E-state index in [0.717, 1.165) is 17.8 Å². The van der Waals surface area contributed by atoms with Crippen molar-refractivity contribution in [2.45, 2.75) is 39.8 Å². The molecule has 0 saturated heterocycles. The molecule has 134 valence electrons. The summed E-state index contributed by atoms with van der Waals surface area (Å²) < 4.78 is 0. The lowest BCUT2D eigenvalue weighted by Gasteiger charge is -2.33. The minimum absolute atomic E-state index is 0.0941. The van der Waals surface area contributed by atoms with E-state index in [4.69, 9.17) is 0 Å². The molecule has 0 aliphatic rings. The molecule has 0 aliphatic heterocycles. The first-order valence-electron chi connectivity index (χ1n) is 8.58. The fraction of sp³-hybridized carbons (Fsp3) is 0.421. The lowest BCUT2D eigenvalue weighted by molar-refractivity contribution is 0.110. The van der Waals surface area contributed by atoms with Crippen LogP contribution in [0.25, 0.3) is 0 Å². The highest BCUT2D eigenvalue weighted by Gasteiger charge is 2.26. The Hall–Kier alpha value is -2.47. The highest BCUT2D eigenvalue weighted by Crippen LogP contribution is 2.17. The molecule has 0 bridgehead atoms. The second kappa shape index (κ2) is 9.13. The number of carbonyl (C=O) groups is 1. The minimum atomic E-state index is -0.281. The van der Waals surface area contributed by atoms with Crippen LogP contribution in [0.1, 0.15) is 32.2 Å². The molecular weight excluding hydrogens is 316 g/mol. The number of benzene rings is 1. The zero-order valence-corrected chi connectivity index (χ0v) is 15.0. The van der Waals surface area contributed by atoms with Gasteiger partial charge in [-0.15, -0.1) is 0 Å². The van der Waals surface area contributed by atoms with Crippen molar-refractivity contribution in [1.29, 1.82) is 0 Å². The van der Waals surface area contributed by atoms with Crippen molar-refractivity contribution < 1.29 is 9.90 Å². The number of nitrogens with zero attached hydrogens (tertiary/aromatic N) is 3. The zero-order valence-electron chi connectivity index (χ0n) is 15.0. The Morgan fingerprint density at radius 1 is 1.20 bits per heavy atom. The quantitative estimate of drug-likeness (QED) is 0.810. The largest absolute Gasteiger partial charge is 0.394 e. The molecule has 6 heteroatoms. The zero-order chi connectivity index (χ0) is 18.2. The van der Waals surface area contributed by atoms with Gasteiger partial charge in [0, 0.05) is 13.0 Å². The molecular formula is C19H26N4O2. The van der Waals surface area contributed by atoms with Crippen LogP contribution in [0.2, 0.25) is 0 Å². The molecule has 1 aromatic carbocycles. The molecule has 2 N–H and O–H groups in total. The first-order valence-corrected chi connectivity index (χ1v) is 8.58. The number of amides is 2. The Kier molecular flexibility index (Phi) is 6.89. The number of urea groups is 1. The van der Waals surface area contributed by atoms with E-state index in [9.17, 15) is 9.90 Å². The summed E-state index contributed by atoms with van der Waals surface area (Å²) in [6.45, 7) is 6.29. The average Bonchev–Trinajstić information content (AvgIpc) is 2.62. The number of aryl methyl sites for hydroxylation is 1. The van der Waals surface area contributed by atoms with Crippen LogP contribution in [0, 0.1) is 5.92 Å². The molecule has 25 heavy (non-hydrogen) atoms. The van der Waals surface area contributed by atoms with E-state index in [0.29, 0.717) is 12.2 Å². The third-order valence-electron chi connectivity index (χ3n) is 4.09. The first-order chi connectivity index (χ1) is 12.0. The maximum atomic E-state index is 12.8. The van der Waals surface area contributed by atoms with Crippen molar-refractivity contribution in [3.8, 4) is 0 Å². The van der Waals surface area contributed by atoms with Crippen LogP contribution in [0.3, 0.4) is 0 Å². The highest BCUT2D eigenvalue weighted by molar-refractivity contribution is 5.89. The number of rotatable bonds is 7. The van der Waals surface area contributed by atoms with Crippen molar-refractivity contribution >= 4 is 11.7 Å². The third-order valence-corrected chi connectivity index (χ3v) is 4.09. The van der Waals surface area contributed by atoms with Gasteiger partial charge in [-0.3, -0.25) is 0 Å². The van der Waals surface area contributed by atoms with Gasteiger partial charge < -0.3 is 15.3 Å². The SMILES string of the molecule is CCc1ncc(NC(=O)N(Cc2ccccc2)C(CO)C(C)C)cn1. The fourth-order valence-corrected chi connectivity index (χ4v) is 2.59. The number of anilines is 1. The molecule has 0 fully saturated rings. The van der Waals surface area contributed by atoms with Crippen LogP contribution >= 0.6 is 0 Å². The van der Waals surface area contributed by atoms with Crippen molar-refractivity contribution in [1.82, 2.24) is 14.9 Å². The number of carbonyl (C=O) groups excluding carboxylic acids is 1. The minimum Gasteiger partial charge on any atom is -0.394 e. The normalized spacial score (nSPS) is 12.0. The summed E-state index contributed by atoms with van der Waals surface area (Å²) in [4.78, 5) is 22.9. The summed E-state index contributed by atoms with van der Waals surface area (Å²) >= 11 is 0. The summed E-state index contributed by atoms with van der Waals surface area (Å²) in [6, 6.07) is 9.19. The second-order valence-corrected chi connectivity index (χ2v) is 6.28. The third kappa shape index (κ3) is 5.26. The Morgan fingerprint density at radius 3 is 2.36 bits per heavy atom. The summed E-state index contributed by atoms with van der Waals surface area (Å²) in [5.74, 6) is 0.854. The topological polar surface area (TPSA) is 78.4 Å². The smallest absolute Gasteiger partial charge is 0.322 e. The number of hydrogen-bond donors (Lipinski definition) is 2. The molecule has 1 unspecified atom stereocenters. The van der Waals surface area contributed by atoms with Crippen LogP contribution in [-0.2, 0) is 13.0 Å². The summed E-state index contributed by atoms with van der Waals surface area (Å²) in [7, 11) is 0. The molecule has 0 saturated carbocycles. The number of aliphatic hydroxyl groups excluding tert-OH is 1. The molecule has 1 atom stereocenters. The van der Waals surface area contributed by atoms with E-state index in [-0.39, 0.29) is 24.6 Å². The Balaban J connectivity index is 2.18. The van der Waals surface area contributed by atoms with Gasteiger partial charge in [-0.25, -0.2) is 14.8 Å². The molecule has 1 aromatic heterocycles. The number of hydrogen-bond acceptors (Lipinski definition) is 4. The molecule has 0 aliphatic carbocycles. The van der Waals surface area contributed by atoms with Crippen molar-refractivity contribution in [2.24, 2.45) is 5.92 Å². The standard InChI is InChI=1S/C19H26N4O2/c1-4-18-20-10-16(11-21-18)22-19(25)23(17(13-24)14(2)3)12-15-8-6-5-7-9-15/h5-11,14,17,24H,4,12-13H2,1-3H3,(H,22,25). The van der Waals surface area contributed by atoms with Gasteiger partial charge >= 0.3 is 6.03 Å². The Bertz CT molecular complexity index is 659. The van der Waals surface area contributed by atoms with Crippen LogP contribution in [-0.4, -0.2) is 38.7 Å². The maximum absolute atomic E-state index is 12.8. The molecule has 0 radical (unpaired) electrons. The van der Waals surface area contributed by atoms with Crippen molar-refractivity contribution in [2.75, 3.05) is 11.9 Å². The highest BCUT2D eigenvalue weighted by atomic mass is 16.3. The molecule has 2 aromatic rings. The van der Waals surface area contributed by atoms with Gasteiger partial charge in [0.1, 0.15) is 5.82 Å². The van der Waals surface area contributed by atoms with Gasteiger partial charge in [0.15, 0.2) is 0 Å². The van der Waals surface area contributed by atoms with Crippen LogP contribution in [0.4, 0.5) is 10.5 Å². The number of aromatic nitrogens is 2. The van der Waals surface area contributed by atoms with Crippen LogP contribution in [0.5, 0.6) is 0 Å². The summed E-state index contributed by atoms with van der Waals surface area (Å²) in [5.41, 5.74) is 1.55. The van der Waals surface area contributed by atoms with E-state index in [1.807, 2.05) is 51.1 Å². The van der Waals surface area contributed by atoms with E-state index < -0.39 is 0 Å². The number of aliphatic hydroxyl groups is 1. The van der Waals surface area contributed by atoms with E-state index >= 15 is 0 Å². The molecule has 6 nitrogen and oxygen atoms in total. The molecule has 0 spiro atoms. The first kappa shape index (κ1) is 18.9. The van der Waals surface area contributed by atoms with Gasteiger partial charge in [0.2, 0.25) is 0 Å². The van der Waals surface area contributed by atoms with Gasteiger partial charge in [0.25, 0.3) is 0 Å². The number of nitrogens with one attached hydrogen (secondary N) is 1. The van der Waals surface area contributed by atoms with E-state index in [2.05, 4.69) is 15.3 Å². The molecule has 2 rings (SSSR count). The predicted octanol–water partition coefficient (Wildman–Crippen LogP) is 3.09. The van der Waals surface area contributed by atoms with Crippen LogP contribution in [0.15, 0.2) is 42.7 Å². The van der Waals surface area contributed by atoms with Gasteiger partial charge in [0.05, 0.1) is 30.7 Å². The van der Waals surface area contributed by atoms with Crippen LogP contribution < -0.4 is 5.32 Å². The van der Waals surface area contributed by atoms with Crippen molar-refractivity contribution in [3.05, 3.63) is 54.1 Å². The van der Waals surface area contributed by atoms with Crippen molar-refractivity contribution in [3.63, 3.8) is 0 Å². The van der Waals surface area contributed by atoms with E-state index in [1.54, 1.807) is 17.3 Å². The average molecular weight is 342 g/mol. The van der Waals surface area contributed by atoms with Gasteiger partial charge in [-0.1, -0.05) is 51.1 Å². The van der Waals surface area contributed by atoms with Gasteiger partial charge in [-0.05, 0) is 11.5 Å². The molecule has 1 heterocycles. The van der Waals surface area contributed by atoms with Gasteiger partial charge in [-0.2, -0.15) is 0 Å². The predicted molar refractivity (Wildman–Crippen MR) is 98.1 cm³/mol. The summed E-state index contributed by atoms with van der Waals surface area (Å²) in [5, 5.41) is 12.6. The maximum Gasteiger partial charge on any atom is 0.322 e. The monoisotopic (exact) mass is 342 g/mol. The Morgan fingerprint density at radius 2 is 1.84 bits per heavy atom. The lowest BCUT2D eigenvalue weighted by atomic mass is 10.0. The lowest BCUT2D eigenvalue weighted by Crippen LogP contribution is -2.47. The second-order valence-electron chi connectivity index (χ2n) is 6.28. The summed E-state index contributed by atoms with van der Waals surface area (Å²) in [6.07, 6.45) is 3.95. The Labute approximate surface area is 148 Å². The molecule has 2 amide bonds. The fourth-order valence-electron chi connectivity index (χ4n) is 2.59.